The summed E-state index contributed by atoms with van der Waals surface area (Å²) in [6.07, 6.45) is 0.557. The number of urea groups is 1. The normalized spacial score (nSPS) is 10.1. The van der Waals surface area contributed by atoms with Crippen LogP contribution in [0.4, 0.5) is 4.79 Å². The Bertz CT molecular complexity index is 571. The largest absolute Gasteiger partial charge is 0.497 e. The van der Waals surface area contributed by atoms with E-state index in [1.165, 1.54) is 0 Å². The number of ether oxygens (including phenoxy) is 3. The second-order valence-electron chi connectivity index (χ2n) is 5.46. The highest BCUT2D eigenvalue weighted by molar-refractivity contribution is 5.95. The third-order valence-electron chi connectivity index (χ3n) is 2.89. The molecule has 0 saturated carbocycles. The zero-order valence-electron chi connectivity index (χ0n) is 14.7. The van der Waals surface area contributed by atoms with Gasteiger partial charge >= 0.3 is 12.0 Å². The monoisotopic (exact) mass is 352 g/mol. The lowest BCUT2D eigenvalue weighted by Gasteiger charge is -2.09. The van der Waals surface area contributed by atoms with Crippen LogP contribution >= 0.6 is 0 Å². The fourth-order valence-corrected chi connectivity index (χ4v) is 1.76. The van der Waals surface area contributed by atoms with Crippen molar-refractivity contribution in [3.05, 3.63) is 24.3 Å². The molecule has 0 unspecified atom stereocenters. The Labute approximate surface area is 146 Å². The highest BCUT2D eigenvalue weighted by atomic mass is 16.5. The molecule has 25 heavy (non-hydrogen) atoms. The minimum Gasteiger partial charge on any atom is -0.497 e. The SMILES string of the molecule is COc1ccc(OCCCC(=O)OCC(=O)NC(=O)NC(C)C)cc1. The van der Waals surface area contributed by atoms with Gasteiger partial charge in [0.25, 0.3) is 5.91 Å². The molecule has 0 aliphatic rings. The molecule has 8 heteroatoms. The lowest BCUT2D eigenvalue weighted by Crippen LogP contribution is -2.44. The predicted molar refractivity (Wildman–Crippen MR) is 90.5 cm³/mol. The minimum atomic E-state index is -0.680. The summed E-state index contributed by atoms with van der Waals surface area (Å²) in [6.45, 7) is 3.37. The van der Waals surface area contributed by atoms with Crippen LogP contribution in [0.1, 0.15) is 26.7 Å². The van der Waals surface area contributed by atoms with Crippen molar-refractivity contribution in [1.29, 1.82) is 0 Å². The number of benzene rings is 1. The Morgan fingerprint density at radius 1 is 1.08 bits per heavy atom. The Morgan fingerprint density at radius 3 is 2.32 bits per heavy atom. The summed E-state index contributed by atoms with van der Waals surface area (Å²) in [5, 5.41) is 4.55. The lowest BCUT2D eigenvalue weighted by molar-refractivity contribution is -0.148. The zero-order valence-corrected chi connectivity index (χ0v) is 14.7. The van der Waals surface area contributed by atoms with E-state index in [2.05, 4.69) is 10.6 Å². The molecule has 0 aromatic heterocycles. The van der Waals surface area contributed by atoms with Crippen molar-refractivity contribution < 1.29 is 28.6 Å². The van der Waals surface area contributed by atoms with Gasteiger partial charge in [0.05, 0.1) is 13.7 Å². The smallest absolute Gasteiger partial charge is 0.321 e. The van der Waals surface area contributed by atoms with Crippen molar-refractivity contribution >= 4 is 17.9 Å². The van der Waals surface area contributed by atoms with Gasteiger partial charge in [0.2, 0.25) is 0 Å². The van der Waals surface area contributed by atoms with Crippen LogP contribution in [0.3, 0.4) is 0 Å². The van der Waals surface area contributed by atoms with Gasteiger partial charge < -0.3 is 19.5 Å². The number of methoxy groups -OCH3 is 1. The van der Waals surface area contributed by atoms with Crippen molar-refractivity contribution in [2.24, 2.45) is 0 Å². The molecule has 0 radical (unpaired) electrons. The molecular weight excluding hydrogens is 328 g/mol. The van der Waals surface area contributed by atoms with Crippen LogP contribution < -0.4 is 20.1 Å². The molecule has 2 N–H and O–H groups in total. The highest BCUT2D eigenvalue weighted by Gasteiger charge is 2.11. The number of carbonyl (C=O) groups is 3. The molecule has 0 spiro atoms. The van der Waals surface area contributed by atoms with Crippen molar-refractivity contribution in [2.45, 2.75) is 32.7 Å². The Morgan fingerprint density at radius 2 is 1.72 bits per heavy atom. The van der Waals surface area contributed by atoms with E-state index < -0.39 is 24.5 Å². The zero-order chi connectivity index (χ0) is 18.7. The van der Waals surface area contributed by atoms with Crippen LogP contribution in [0.15, 0.2) is 24.3 Å². The molecular formula is C17H24N2O6. The van der Waals surface area contributed by atoms with Gasteiger partial charge in [-0.05, 0) is 44.5 Å². The fourth-order valence-electron chi connectivity index (χ4n) is 1.76. The van der Waals surface area contributed by atoms with Gasteiger partial charge in [-0.3, -0.25) is 14.9 Å². The van der Waals surface area contributed by atoms with Gasteiger partial charge in [0, 0.05) is 12.5 Å². The molecule has 0 heterocycles. The first-order valence-corrected chi connectivity index (χ1v) is 7.93. The van der Waals surface area contributed by atoms with E-state index in [0.717, 1.165) is 5.75 Å². The van der Waals surface area contributed by atoms with E-state index in [-0.39, 0.29) is 12.5 Å². The summed E-state index contributed by atoms with van der Waals surface area (Å²) in [6, 6.07) is 6.37. The van der Waals surface area contributed by atoms with Crippen molar-refractivity contribution in [3.8, 4) is 11.5 Å². The number of hydrogen-bond donors (Lipinski definition) is 2. The van der Waals surface area contributed by atoms with E-state index >= 15 is 0 Å². The Hall–Kier alpha value is -2.77. The van der Waals surface area contributed by atoms with E-state index in [0.29, 0.717) is 18.8 Å². The van der Waals surface area contributed by atoms with Crippen LogP contribution in [0, 0.1) is 0 Å². The summed E-state index contributed by atoms with van der Waals surface area (Å²) in [5.41, 5.74) is 0. The number of rotatable bonds is 9. The Balaban J connectivity index is 2.13. The van der Waals surface area contributed by atoms with Gasteiger partial charge in [0.1, 0.15) is 11.5 Å². The van der Waals surface area contributed by atoms with Crippen LogP contribution in [0.5, 0.6) is 11.5 Å². The van der Waals surface area contributed by atoms with Gasteiger partial charge in [-0.1, -0.05) is 0 Å². The van der Waals surface area contributed by atoms with Crippen LogP contribution in [0.2, 0.25) is 0 Å². The molecule has 1 aromatic rings. The summed E-state index contributed by atoms with van der Waals surface area (Å²) in [5.74, 6) is 0.194. The van der Waals surface area contributed by atoms with Crippen LogP contribution in [0.25, 0.3) is 0 Å². The molecule has 1 rings (SSSR count). The number of imide groups is 1. The summed E-state index contributed by atoms with van der Waals surface area (Å²) in [4.78, 5) is 34.2. The van der Waals surface area contributed by atoms with Crippen molar-refractivity contribution in [3.63, 3.8) is 0 Å². The maximum absolute atomic E-state index is 11.5. The average molecular weight is 352 g/mol. The molecule has 0 atom stereocenters. The van der Waals surface area contributed by atoms with Gasteiger partial charge in [-0.2, -0.15) is 0 Å². The summed E-state index contributed by atoms with van der Waals surface area (Å²) >= 11 is 0. The van der Waals surface area contributed by atoms with Gasteiger partial charge in [0.15, 0.2) is 6.61 Å². The van der Waals surface area contributed by atoms with Gasteiger partial charge in [-0.15, -0.1) is 0 Å². The third kappa shape index (κ3) is 9.19. The molecule has 0 aliphatic carbocycles. The quantitative estimate of drug-likeness (QED) is 0.517. The predicted octanol–water partition coefficient (Wildman–Crippen LogP) is 1.63. The first-order valence-electron chi connectivity index (χ1n) is 7.93. The standard InChI is InChI=1S/C17H24N2O6/c1-12(2)18-17(22)19-15(20)11-25-16(21)5-4-10-24-14-8-6-13(23-3)7-9-14/h6-9,12H,4-5,10-11H2,1-3H3,(H2,18,19,20,22). The lowest BCUT2D eigenvalue weighted by atomic mass is 10.3. The summed E-state index contributed by atoms with van der Waals surface area (Å²) < 4.78 is 15.3. The highest BCUT2D eigenvalue weighted by Crippen LogP contribution is 2.17. The van der Waals surface area contributed by atoms with Crippen LogP contribution in [-0.4, -0.2) is 44.3 Å². The second-order valence-corrected chi connectivity index (χ2v) is 5.46. The maximum Gasteiger partial charge on any atom is 0.321 e. The van der Waals surface area contributed by atoms with Crippen LogP contribution in [-0.2, 0) is 14.3 Å². The van der Waals surface area contributed by atoms with Crippen molar-refractivity contribution in [2.75, 3.05) is 20.3 Å². The number of carbonyl (C=O) groups excluding carboxylic acids is 3. The summed E-state index contributed by atoms with van der Waals surface area (Å²) in [7, 11) is 1.58. The third-order valence-corrected chi connectivity index (χ3v) is 2.89. The Kier molecular flexibility index (Phi) is 8.84. The number of nitrogens with one attached hydrogen (secondary N) is 2. The van der Waals surface area contributed by atoms with E-state index in [1.54, 1.807) is 45.2 Å². The molecule has 0 fully saturated rings. The molecule has 3 amide bonds. The molecule has 138 valence electrons. The maximum atomic E-state index is 11.5. The minimum absolute atomic E-state index is 0.0962. The fraction of sp³-hybridized carbons (Fsp3) is 0.471. The number of esters is 1. The topological polar surface area (TPSA) is 103 Å². The van der Waals surface area contributed by atoms with E-state index in [9.17, 15) is 14.4 Å². The molecule has 0 bridgehead atoms. The molecule has 8 nitrogen and oxygen atoms in total. The number of hydrogen-bond acceptors (Lipinski definition) is 6. The average Bonchev–Trinajstić information content (AvgIpc) is 2.56. The second kappa shape index (κ2) is 10.9. The first-order chi connectivity index (χ1) is 11.9. The molecule has 1 aromatic carbocycles. The van der Waals surface area contributed by atoms with E-state index in [4.69, 9.17) is 14.2 Å². The van der Waals surface area contributed by atoms with E-state index in [1.807, 2.05) is 0 Å². The first kappa shape index (κ1) is 20.3. The van der Waals surface area contributed by atoms with Gasteiger partial charge in [-0.25, -0.2) is 4.79 Å². The molecule has 0 aliphatic heterocycles. The number of amides is 3. The van der Waals surface area contributed by atoms with Crippen molar-refractivity contribution in [1.82, 2.24) is 10.6 Å². The molecule has 0 saturated heterocycles.